The van der Waals surface area contributed by atoms with E-state index in [9.17, 15) is 14.9 Å². The maximum absolute atomic E-state index is 12.0. The zero-order chi connectivity index (χ0) is 21.1. The highest BCUT2D eigenvalue weighted by atomic mass is 16.6. The third kappa shape index (κ3) is 4.45. The van der Waals surface area contributed by atoms with Gasteiger partial charge in [0.1, 0.15) is 0 Å². The SMILES string of the molecule is CC(=O)N1N=C(COc2ccc(C)cc2[N+](=O)[O-])O[C@@H]1c1ccc(N(C)C)cc1. The number of carbonyl (C=O) groups excluding carboxylic acids is 1. The van der Waals surface area contributed by atoms with Gasteiger partial charge < -0.3 is 14.4 Å². The van der Waals surface area contributed by atoms with E-state index in [-0.39, 0.29) is 29.8 Å². The van der Waals surface area contributed by atoms with Crippen molar-refractivity contribution in [3.05, 3.63) is 63.7 Å². The van der Waals surface area contributed by atoms with Gasteiger partial charge in [-0.25, -0.2) is 0 Å². The molecule has 29 heavy (non-hydrogen) atoms. The van der Waals surface area contributed by atoms with Crippen molar-refractivity contribution < 1.29 is 19.2 Å². The number of amides is 1. The highest BCUT2D eigenvalue weighted by Crippen LogP contribution is 2.31. The van der Waals surface area contributed by atoms with Gasteiger partial charge in [0, 0.05) is 38.3 Å². The fraction of sp³-hybridized carbons (Fsp3) is 0.300. The van der Waals surface area contributed by atoms with Crippen LogP contribution in [0.4, 0.5) is 11.4 Å². The van der Waals surface area contributed by atoms with Crippen molar-refractivity contribution >= 4 is 23.2 Å². The summed E-state index contributed by atoms with van der Waals surface area (Å²) in [6.07, 6.45) is -0.713. The molecule has 0 N–H and O–H groups in total. The summed E-state index contributed by atoms with van der Waals surface area (Å²) >= 11 is 0. The van der Waals surface area contributed by atoms with Crippen molar-refractivity contribution in [3.8, 4) is 5.75 Å². The number of anilines is 1. The molecule has 1 amide bonds. The average Bonchev–Trinajstić information content (AvgIpc) is 3.11. The lowest BCUT2D eigenvalue weighted by Gasteiger charge is -2.20. The fourth-order valence-electron chi connectivity index (χ4n) is 2.85. The molecule has 1 aliphatic heterocycles. The molecule has 3 rings (SSSR count). The Labute approximate surface area is 168 Å². The lowest BCUT2D eigenvalue weighted by molar-refractivity contribution is -0.385. The van der Waals surface area contributed by atoms with Crippen molar-refractivity contribution in [2.24, 2.45) is 5.10 Å². The molecule has 0 aromatic heterocycles. The molecular weight excluding hydrogens is 376 g/mol. The predicted molar refractivity (Wildman–Crippen MR) is 108 cm³/mol. The standard InChI is InChI=1S/C20H22N4O5/c1-13-5-10-18(17(11-13)24(26)27)28-12-19-21-23(14(2)25)20(29-19)15-6-8-16(9-7-15)22(3)4/h5-11,20H,12H2,1-4H3/t20-/m1/s1. The van der Waals surface area contributed by atoms with Crippen molar-refractivity contribution in [2.45, 2.75) is 20.1 Å². The van der Waals surface area contributed by atoms with E-state index in [1.54, 1.807) is 13.0 Å². The summed E-state index contributed by atoms with van der Waals surface area (Å²) < 4.78 is 11.4. The second kappa shape index (κ2) is 8.17. The molecule has 0 saturated heterocycles. The van der Waals surface area contributed by atoms with E-state index in [2.05, 4.69) is 5.10 Å². The van der Waals surface area contributed by atoms with E-state index in [4.69, 9.17) is 9.47 Å². The van der Waals surface area contributed by atoms with Gasteiger partial charge in [-0.05, 0) is 30.7 Å². The van der Waals surface area contributed by atoms with E-state index >= 15 is 0 Å². The number of hydrogen-bond donors (Lipinski definition) is 0. The molecule has 0 radical (unpaired) electrons. The van der Waals surface area contributed by atoms with Crippen LogP contribution in [-0.2, 0) is 9.53 Å². The molecule has 0 saturated carbocycles. The summed E-state index contributed by atoms with van der Waals surface area (Å²) in [6, 6.07) is 12.2. The number of rotatable bonds is 6. The van der Waals surface area contributed by atoms with Gasteiger partial charge in [-0.15, -0.1) is 5.10 Å². The van der Waals surface area contributed by atoms with Crippen LogP contribution < -0.4 is 9.64 Å². The van der Waals surface area contributed by atoms with Crippen LogP contribution >= 0.6 is 0 Å². The van der Waals surface area contributed by atoms with Gasteiger partial charge in [-0.3, -0.25) is 14.9 Å². The van der Waals surface area contributed by atoms with Gasteiger partial charge in [0.05, 0.1) is 4.92 Å². The van der Waals surface area contributed by atoms with E-state index in [1.165, 1.54) is 24.1 Å². The molecule has 152 valence electrons. The van der Waals surface area contributed by atoms with Crippen LogP contribution in [0.5, 0.6) is 5.75 Å². The predicted octanol–water partition coefficient (Wildman–Crippen LogP) is 3.24. The maximum Gasteiger partial charge on any atom is 0.311 e. The molecule has 9 heteroatoms. The Balaban J connectivity index is 1.76. The van der Waals surface area contributed by atoms with Crippen molar-refractivity contribution in [1.29, 1.82) is 0 Å². The molecule has 0 unspecified atom stereocenters. The van der Waals surface area contributed by atoms with Crippen LogP contribution in [0.1, 0.15) is 24.3 Å². The first-order valence-electron chi connectivity index (χ1n) is 8.95. The van der Waals surface area contributed by atoms with Crippen molar-refractivity contribution in [3.63, 3.8) is 0 Å². The molecule has 0 bridgehead atoms. The first kappa shape index (κ1) is 20.1. The van der Waals surface area contributed by atoms with Gasteiger partial charge in [0.15, 0.2) is 12.4 Å². The Morgan fingerprint density at radius 1 is 1.28 bits per heavy atom. The van der Waals surface area contributed by atoms with Crippen LogP contribution in [0, 0.1) is 17.0 Å². The second-order valence-electron chi connectivity index (χ2n) is 6.83. The second-order valence-corrected chi connectivity index (χ2v) is 6.83. The molecular formula is C20H22N4O5. The van der Waals surface area contributed by atoms with Crippen LogP contribution in [0.25, 0.3) is 0 Å². The minimum Gasteiger partial charge on any atom is -0.477 e. The number of hydrazone groups is 1. The van der Waals surface area contributed by atoms with Crippen LogP contribution in [0.2, 0.25) is 0 Å². The Morgan fingerprint density at radius 3 is 2.55 bits per heavy atom. The smallest absolute Gasteiger partial charge is 0.311 e. The lowest BCUT2D eigenvalue weighted by atomic mass is 10.1. The van der Waals surface area contributed by atoms with Gasteiger partial charge in [-0.1, -0.05) is 18.2 Å². The molecule has 1 atom stereocenters. The number of benzene rings is 2. The number of nitrogens with zero attached hydrogens (tertiary/aromatic N) is 4. The fourth-order valence-corrected chi connectivity index (χ4v) is 2.85. The maximum atomic E-state index is 12.0. The first-order valence-corrected chi connectivity index (χ1v) is 8.95. The van der Waals surface area contributed by atoms with Crippen LogP contribution in [0.15, 0.2) is 47.6 Å². The highest BCUT2D eigenvalue weighted by Gasteiger charge is 2.33. The van der Waals surface area contributed by atoms with E-state index in [0.29, 0.717) is 0 Å². The number of aryl methyl sites for hydroxylation is 1. The summed E-state index contributed by atoms with van der Waals surface area (Å²) in [7, 11) is 3.87. The molecule has 1 heterocycles. The molecule has 2 aromatic rings. The topological polar surface area (TPSA) is 97.5 Å². The monoisotopic (exact) mass is 398 g/mol. The van der Waals surface area contributed by atoms with E-state index in [0.717, 1.165) is 16.8 Å². The van der Waals surface area contributed by atoms with Crippen molar-refractivity contribution in [1.82, 2.24) is 5.01 Å². The third-order valence-corrected chi connectivity index (χ3v) is 4.37. The molecule has 2 aromatic carbocycles. The van der Waals surface area contributed by atoms with E-state index in [1.807, 2.05) is 43.3 Å². The Kier molecular flexibility index (Phi) is 5.67. The van der Waals surface area contributed by atoms with Crippen molar-refractivity contribution in [2.75, 3.05) is 25.6 Å². The summed E-state index contributed by atoms with van der Waals surface area (Å²) in [5.74, 6) is -0.0141. The zero-order valence-corrected chi connectivity index (χ0v) is 16.7. The Bertz CT molecular complexity index is 956. The van der Waals surface area contributed by atoms with Gasteiger partial charge in [-0.2, -0.15) is 5.01 Å². The molecule has 0 aliphatic carbocycles. The molecule has 0 fully saturated rings. The van der Waals surface area contributed by atoms with Gasteiger partial charge in [0.2, 0.25) is 18.0 Å². The zero-order valence-electron chi connectivity index (χ0n) is 16.7. The number of hydrogen-bond acceptors (Lipinski definition) is 7. The van der Waals surface area contributed by atoms with Crippen LogP contribution in [0.3, 0.4) is 0 Å². The van der Waals surface area contributed by atoms with Crippen LogP contribution in [-0.4, -0.2) is 42.4 Å². The Morgan fingerprint density at radius 2 is 1.97 bits per heavy atom. The van der Waals surface area contributed by atoms with Gasteiger partial charge in [0.25, 0.3) is 0 Å². The summed E-state index contributed by atoms with van der Waals surface area (Å²) in [4.78, 5) is 24.7. The minimum absolute atomic E-state index is 0.111. The average molecular weight is 398 g/mol. The van der Waals surface area contributed by atoms with Gasteiger partial charge >= 0.3 is 5.69 Å². The summed E-state index contributed by atoms with van der Waals surface area (Å²) in [5, 5.41) is 16.6. The number of nitro groups is 1. The Hall–Kier alpha value is -3.62. The first-order chi connectivity index (χ1) is 13.8. The quantitative estimate of drug-likeness (QED) is 0.547. The largest absolute Gasteiger partial charge is 0.477 e. The van der Waals surface area contributed by atoms with E-state index < -0.39 is 11.2 Å². The number of nitro benzene ring substituents is 1. The summed E-state index contributed by atoms with van der Waals surface area (Å²) in [5.41, 5.74) is 2.38. The number of ether oxygens (including phenoxy) is 2. The number of carbonyl (C=O) groups is 1. The third-order valence-electron chi connectivity index (χ3n) is 4.37. The molecule has 1 aliphatic rings. The minimum atomic E-state index is -0.713. The molecule has 0 spiro atoms. The highest BCUT2D eigenvalue weighted by molar-refractivity contribution is 5.83. The normalized spacial score (nSPS) is 15.5. The summed E-state index contributed by atoms with van der Waals surface area (Å²) in [6.45, 7) is 3.01. The lowest BCUT2D eigenvalue weighted by Crippen LogP contribution is -2.25. The molecule has 9 nitrogen and oxygen atoms in total.